The number of nitrogens with one attached hydrogen (secondary N) is 1. The van der Waals surface area contributed by atoms with E-state index in [1.807, 2.05) is 0 Å². The highest BCUT2D eigenvalue weighted by atomic mass is 35.5. The number of rotatable bonds is 7. The number of carbonyl (C=O) groups excluding carboxylic acids is 2. The fraction of sp³-hybridized carbons (Fsp3) is 0.263. The second-order valence-corrected chi connectivity index (χ2v) is 9.01. The van der Waals surface area contributed by atoms with Crippen molar-refractivity contribution in [2.24, 2.45) is 0 Å². The molecule has 1 N–H and O–H groups in total. The van der Waals surface area contributed by atoms with Crippen LogP contribution in [-0.2, 0) is 14.6 Å². The highest BCUT2D eigenvalue weighted by Gasteiger charge is 2.24. The molecule has 2 aromatic carbocycles. The first-order valence-electron chi connectivity index (χ1n) is 8.48. The predicted molar refractivity (Wildman–Crippen MR) is 111 cm³/mol. The standard InChI is InChI=1S/C19H20Cl2N2O4S/c1-3-11-28(26,27)16-10-5-4-7-13(16)19(25)23(2)12-17(24)22-18-14(20)8-6-9-15(18)21/h4-10H,3,11-12H2,1-2H3,(H,22,24). The van der Waals surface area contributed by atoms with Crippen molar-refractivity contribution in [1.82, 2.24) is 4.90 Å². The molecule has 2 amide bonds. The molecule has 2 rings (SSSR count). The number of halogens is 2. The number of carbonyl (C=O) groups is 2. The third kappa shape index (κ3) is 5.25. The number of hydrogen-bond acceptors (Lipinski definition) is 4. The topological polar surface area (TPSA) is 83.6 Å². The minimum absolute atomic E-state index is 0.0297. The number of anilines is 1. The van der Waals surface area contributed by atoms with Crippen molar-refractivity contribution in [2.45, 2.75) is 18.2 Å². The van der Waals surface area contributed by atoms with Crippen molar-refractivity contribution < 1.29 is 18.0 Å². The normalized spacial score (nSPS) is 11.1. The first kappa shape index (κ1) is 22.2. The molecular weight excluding hydrogens is 423 g/mol. The maximum absolute atomic E-state index is 12.8. The first-order valence-corrected chi connectivity index (χ1v) is 10.9. The van der Waals surface area contributed by atoms with Crippen molar-refractivity contribution in [1.29, 1.82) is 0 Å². The zero-order chi connectivity index (χ0) is 20.9. The van der Waals surface area contributed by atoms with Gasteiger partial charge in [-0.1, -0.05) is 48.3 Å². The van der Waals surface area contributed by atoms with Gasteiger partial charge in [0.15, 0.2) is 9.84 Å². The fourth-order valence-corrected chi connectivity index (χ4v) is 4.61. The van der Waals surface area contributed by atoms with Gasteiger partial charge >= 0.3 is 0 Å². The summed E-state index contributed by atoms with van der Waals surface area (Å²) in [6, 6.07) is 10.8. The minimum Gasteiger partial charge on any atom is -0.332 e. The van der Waals surface area contributed by atoms with Gasteiger partial charge in [0.05, 0.1) is 38.5 Å². The number of amides is 2. The molecule has 0 saturated heterocycles. The van der Waals surface area contributed by atoms with Crippen LogP contribution in [0.2, 0.25) is 10.0 Å². The van der Waals surface area contributed by atoms with Crippen LogP contribution in [0.15, 0.2) is 47.4 Å². The summed E-state index contributed by atoms with van der Waals surface area (Å²) < 4.78 is 24.9. The molecule has 6 nitrogen and oxygen atoms in total. The van der Waals surface area contributed by atoms with E-state index >= 15 is 0 Å². The summed E-state index contributed by atoms with van der Waals surface area (Å²) in [7, 11) is -2.17. The lowest BCUT2D eigenvalue weighted by Gasteiger charge is -2.19. The Balaban J connectivity index is 2.19. The molecule has 0 aliphatic rings. The molecule has 0 spiro atoms. The van der Waals surface area contributed by atoms with Gasteiger partial charge in [-0.2, -0.15) is 0 Å². The van der Waals surface area contributed by atoms with Crippen LogP contribution >= 0.6 is 23.2 Å². The number of hydrogen-bond donors (Lipinski definition) is 1. The second kappa shape index (κ2) is 9.41. The van der Waals surface area contributed by atoms with E-state index in [2.05, 4.69) is 5.32 Å². The Bertz CT molecular complexity index is 973. The predicted octanol–water partition coefficient (Wildman–Crippen LogP) is 3.89. The van der Waals surface area contributed by atoms with Crippen LogP contribution in [0.5, 0.6) is 0 Å². The largest absolute Gasteiger partial charge is 0.332 e. The van der Waals surface area contributed by atoms with Gasteiger partial charge in [0.1, 0.15) is 0 Å². The van der Waals surface area contributed by atoms with E-state index in [4.69, 9.17) is 23.2 Å². The molecule has 0 radical (unpaired) electrons. The molecule has 0 atom stereocenters. The number of benzene rings is 2. The van der Waals surface area contributed by atoms with Crippen molar-refractivity contribution >= 4 is 50.5 Å². The fourth-order valence-electron chi connectivity index (χ4n) is 2.58. The molecule has 0 unspecified atom stereocenters. The number of likely N-dealkylation sites (N-methyl/N-ethyl adjacent to an activating group) is 1. The van der Waals surface area contributed by atoms with Crippen LogP contribution in [0, 0.1) is 0 Å². The molecule has 0 fully saturated rings. The lowest BCUT2D eigenvalue weighted by Crippen LogP contribution is -2.35. The lowest BCUT2D eigenvalue weighted by atomic mass is 10.2. The quantitative estimate of drug-likeness (QED) is 0.704. The molecule has 9 heteroatoms. The van der Waals surface area contributed by atoms with E-state index in [1.54, 1.807) is 37.3 Å². The average Bonchev–Trinajstić information content (AvgIpc) is 2.64. The molecule has 0 aliphatic carbocycles. The van der Waals surface area contributed by atoms with Crippen molar-refractivity contribution in [2.75, 3.05) is 24.7 Å². The average molecular weight is 443 g/mol. The molecule has 0 heterocycles. The van der Waals surface area contributed by atoms with Gasteiger partial charge in [-0.05, 0) is 30.7 Å². The van der Waals surface area contributed by atoms with Crippen LogP contribution in [0.4, 0.5) is 5.69 Å². The van der Waals surface area contributed by atoms with Gasteiger partial charge in [-0.3, -0.25) is 9.59 Å². The maximum Gasteiger partial charge on any atom is 0.255 e. The zero-order valence-electron chi connectivity index (χ0n) is 15.4. The van der Waals surface area contributed by atoms with E-state index in [0.717, 1.165) is 4.90 Å². The highest BCUT2D eigenvalue weighted by molar-refractivity contribution is 7.91. The van der Waals surface area contributed by atoms with Crippen molar-refractivity contribution in [3.63, 3.8) is 0 Å². The van der Waals surface area contributed by atoms with Crippen LogP contribution in [0.25, 0.3) is 0 Å². The van der Waals surface area contributed by atoms with Crippen LogP contribution < -0.4 is 5.32 Å². The molecule has 0 aromatic heterocycles. The maximum atomic E-state index is 12.8. The van der Waals surface area contributed by atoms with E-state index < -0.39 is 21.7 Å². The van der Waals surface area contributed by atoms with Crippen LogP contribution in [-0.4, -0.2) is 44.5 Å². The Morgan fingerprint density at radius 1 is 1.04 bits per heavy atom. The Labute approximate surface area is 174 Å². The second-order valence-electron chi connectivity index (χ2n) is 6.12. The van der Waals surface area contributed by atoms with E-state index in [-0.39, 0.29) is 38.5 Å². The Hall–Kier alpha value is -2.09. The number of para-hydroxylation sites is 1. The zero-order valence-corrected chi connectivity index (χ0v) is 17.7. The lowest BCUT2D eigenvalue weighted by molar-refractivity contribution is -0.116. The van der Waals surface area contributed by atoms with Crippen LogP contribution in [0.1, 0.15) is 23.7 Å². The summed E-state index contributed by atoms with van der Waals surface area (Å²) in [6.07, 6.45) is 0.432. The molecule has 0 aliphatic heterocycles. The van der Waals surface area contributed by atoms with Crippen molar-refractivity contribution in [3.05, 3.63) is 58.1 Å². The Morgan fingerprint density at radius 2 is 1.64 bits per heavy atom. The molecule has 2 aromatic rings. The minimum atomic E-state index is -3.59. The molecule has 0 bridgehead atoms. The summed E-state index contributed by atoms with van der Waals surface area (Å²) >= 11 is 12.0. The number of nitrogens with zero attached hydrogens (tertiary/aromatic N) is 1. The monoisotopic (exact) mass is 442 g/mol. The van der Waals surface area contributed by atoms with Crippen LogP contribution in [0.3, 0.4) is 0 Å². The summed E-state index contributed by atoms with van der Waals surface area (Å²) in [6.45, 7) is 1.45. The molecular formula is C19H20Cl2N2O4S. The number of sulfone groups is 1. The molecule has 0 saturated carbocycles. The molecule has 150 valence electrons. The Morgan fingerprint density at radius 3 is 2.25 bits per heavy atom. The molecule has 28 heavy (non-hydrogen) atoms. The van der Waals surface area contributed by atoms with Gasteiger partial charge in [-0.15, -0.1) is 0 Å². The van der Waals surface area contributed by atoms with Gasteiger partial charge in [0, 0.05) is 7.05 Å². The summed E-state index contributed by atoms with van der Waals surface area (Å²) in [5.41, 5.74) is 0.282. The Kier molecular flexibility index (Phi) is 7.46. The van der Waals surface area contributed by atoms with E-state index in [1.165, 1.54) is 19.2 Å². The third-order valence-electron chi connectivity index (χ3n) is 3.88. The SMILES string of the molecule is CCCS(=O)(=O)c1ccccc1C(=O)N(C)CC(=O)Nc1c(Cl)cccc1Cl. The van der Waals surface area contributed by atoms with Gasteiger partial charge in [0.2, 0.25) is 5.91 Å². The van der Waals surface area contributed by atoms with Gasteiger partial charge in [-0.25, -0.2) is 8.42 Å². The highest BCUT2D eigenvalue weighted by Crippen LogP contribution is 2.29. The first-order chi connectivity index (χ1) is 13.2. The summed E-state index contributed by atoms with van der Waals surface area (Å²) in [5.74, 6) is -1.15. The van der Waals surface area contributed by atoms with E-state index in [9.17, 15) is 18.0 Å². The van der Waals surface area contributed by atoms with Gasteiger partial charge < -0.3 is 10.2 Å². The van der Waals surface area contributed by atoms with Crippen molar-refractivity contribution in [3.8, 4) is 0 Å². The third-order valence-corrected chi connectivity index (χ3v) is 6.48. The van der Waals surface area contributed by atoms with Gasteiger partial charge in [0.25, 0.3) is 5.91 Å². The summed E-state index contributed by atoms with van der Waals surface area (Å²) in [5, 5.41) is 3.10. The summed E-state index contributed by atoms with van der Waals surface area (Å²) in [4.78, 5) is 26.2. The smallest absolute Gasteiger partial charge is 0.255 e. The van der Waals surface area contributed by atoms with E-state index in [0.29, 0.717) is 6.42 Å².